The first-order valence-corrected chi connectivity index (χ1v) is 8.08. The quantitative estimate of drug-likeness (QED) is 0.785. The van der Waals surface area contributed by atoms with Crippen LogP contribution in [0.5, 0.6) is 5.75 Å². The monoisotopic (exact) mass is 330 g/mol. The number of esters is 1. The molecule has 3 rings (SSSR count). The third-order valence-electron chi connectivity index (χ3n) is 4.40. The Labute approximate surface area is 141 Å². The largest absolute Gasteiger partial charge is 0.489 e. The average molecular weight is 330 g/mol. The molecule has 0 unspecified atom stereocenters. The maximum Gasteiger partial charge on any atom is 0.374 e. The lowest BCUT2D eigenvalue weighted by Crippen LogP contribution is -2.27. The molecule has 6 nitrogen and oxygen atoms in total. The van der Waals surface area contributed by atoms with Crippen LogP contribution in [0.4, 0.5) is 0 Å². The van der Waals surface area contributed by atoms with Crippen LogP contribution in [0.1, 0.15) is 41.3 Å². The van der Waals surface area contributed by atoms with Crippen LogP contribution in [-0.2, 0) is 4.74 Å². The number of hydrogen-bond acceptors (Lipinski definition) is 6. The number of carbonyl (C=O) groups is 1. The fourth-order valence-electron chi connectivity index (χ4n) is 3.00. The lowest BCUT2D eigenvalue weighted by atomic mass is 10.2. The van der Waals surface area contributed by atoms with Crippen molar-refractivity contribution in [2.45, 2.75) is 32.4 Å². The molecule has 6 heteroatoms. The number of ether oxygens (including phenoxy) is 2. The number of furan rings is 1. The number of carbonyl (C=O) groups excluding carboxylic acids is 1. The van der Waals surface area contributed by atoms with Crippen LogP contribution in [0.25, 0.3) is 0 Å². The summed E-state index contributed by atoms with van der Waals surface area (Å²) in [6.45, 7) is 5.67. The second kappa shape index (κ2) is 7.05. The number of rotatable bonds is 5. The molecule has 1 saturated heterocycles. The SMILES string of the molecule is COC(=O)c1oc([C@@H](C)N2CC[C@H](Oc3ccncc3)C2)cc1C. The number of likely N-dealkylation sites (tertiary alicyclic amines) is 1. The highest BCUT2D eigenvalue weighted by molar-refractivity contribution is 5.87. The molecule has 0 radical (unpaired) electrons. The lowest BCUT2D eigenvalue weighted by molar-refractivity contribution is 0.0558. The van der Waals surface area contributed by atoms with Crippen molar-refractivity contribution in [1.82, 2.24) is 9.88 Å². The number of methoxy groups -OCH3 is 1. The molecule has 2 aromatic heterocycles. The Hall–Kier alpha value is -2.34. The molecule has 1 fully saturated rings. The van der Waals surface area contributed by atoms with Gasteiger partial charge in [-0.2, -0.15) is 0 Å². The summed E-state index contributed by atoms with van der Waals surface area (Å²) in [7, 11) is 1.36. The van der Waals surface area contributed by atoms with Gasteiger partial charge in [0.25, 0.3) is 0 Å². The van der Waals surface area contributed by atoms with Crippen molar-refractivity contribution in [3.8, 4) is 5.75 Å². The van der Waals surface area contributed by atoms with Gasteiger partial charge in [-0.25, -0.2) is 4.79 Å². The van der Waals surface area contributed by atoms with E-state index in [-0.39, 0.29) is 17.9 Å². The highest BCUT2D eigenvalue weighted by atomic mass is 16.5. The minimum Gasteiger partial charge on any atom is -0.489 e. The van der Waals surface area contributed by atoms with Crippen molar-refractivity contribution in [3.05, 3.63) is 47.7 Å². The highest BCUT2D eigenvalue weighted by Gasteiger charge is 2.30. The Kier molecular flexibility index (Phi) is 4.85. The molecule has 0 aromatic carbocycles. The van der Waals surface area contributed by atoms with Gasteiger partial charge in [-0.1, -0.05) is 0 Å². The average Bonchev–Trinajstić information content (AvgIpc) is 3.21. The molecule has 2 aromatic rings. The van der Waals surface area contributed by atoms with Crippen LogP contribution in [0.15, 0.2) is 35.0 Å². The normalized spacial score (nSPS) is 19.2. The summed E-state index contributed by atoms with van der Waals surface area (Å²) < 4.78 is 16.5. The van der Waals surface area contributed by atoms with Gasteiger partial charge in [0.2, 0.25) is 5.76 Å². The number of pyridine rings is 1. The summed E-state index contributed by atoms with van der Waals surface area (Å²) in [4.78, 5) is 18.0. The van der Waals surface area contributed by atoms with Gasteiger partial charge < -0.3 is 13.9 Å². The molecular formula is C18H22N2O4. The third-order valence-corrected chi connectivity index (χ3v) is 4.40. The van der Waals surface area contributed by atoms with Crippen molar-refractivity contribution < 1.29 is 18.7 Å². The maximum atomic E-state index is 11.7. The molecule has 0 aliphatic carbocycles. The van der Waals surface area contributed by atoms with Gasteiger partial charge in [-0.05, 0) is 38.5 Å². The summed E-state index contributed by atoms with van der Waals surface area (Å²) in [5.41, 5.74) is 0.799. The van der Waals surface area contributed by atoms with E-state index in [4.69, 9.17) is 13.9 Å². The zero-order valence-corrected chi connectivity index (χ0v) is 14.2. The van der Waals surface area contributed by atoms with Crippen LogP contribution < -0.4 is 4.74 Å². The first kappa shape index (κ1) is 16.5. The fourth-order valence-corrected chi connectivity index (χ4v) is 3.00. The van der Waals surface area contributed by atoms with E-state index < -0.39 is 5.97 Å². The molecule has 0 N–H and O–H groups in total. The first-order valence-electron chi connectivity index (χ1n) is 8.08. The minimum absolute atomic E-state index is 0.0770. The maximum absolute atomic E-state index is 11.7. The number of aryl methyl sites for hydroxylation is 1. The Balaban J connectivity index is 1.64. The number of nitrogens with zero attached hydrogens (tertiary/aromatic N) is 2. The molecule has 1 aliphatic heterocycles. The summed E-state index contributed by atoms with van der Waals surface area (Å²) in [6, 6.07) is 5.72. The van der Waals surface area contributed by atoms with Crippen LogP contribution >= 0.6 is 0 Å². The van der Waals surface area contributed by atoms with Crippen LogP contribution in [-0.4, -0.2) is 42.2 Å². The van der Waals surface area contributed by atoms with Crippen LogP contribution in [0, 0.1) is 6.92 Å². The molecule has 0 spiro atoms. The van der Waals surface area contributed by atoms with Gasteiger partial charge in [0, 0.05) is 31.0 Å². The van der Waals surface area contributed by atoms with Gasteiger partial charge in [-0.3, -0.25) is 9.88 Å². The Morgan fingerprint density at radius 3 is 2.88 bits per heavy atom. The molecule has 0 bridgehead atoms. The Bertz CT molecular complexity index is 698. The zero-order valence-electron chi connectivity index (χ0n) is 14.2. The number of aromatic nitrogens is 1. The summed E-state index contributed by atoms with van der Waals surface area (Å²) in [5.74, 6) is 1.46. The van der Waals surface area contributed by atoms with Crippen LogP contribution in [0.2, 0.25) is 0 Å². The fraction of sp³-hybridized carbons (Fsp3) is 0.444. The van der Waals surface area contributed by atoms with E-state index >= 15 is 0 Å². The van der Waals surface area contributed by atoms with E-state index in [1.807, 2.05) is 25.1 Å². The van der Waals surface area contributed by atoms with E-state index in [0.717, 1.165) is 36.6 Å². The second-order valence-corrected chi connectivity index (χ2v) is 6.03. The molecule has 1 aliphatic rings. The Morgan fingerprint density at radius 1 is 1.42 bits per heavy atom. The zero-order chi connectivity index (χ0) is 17.1. The minimum atomic E-state index is -0.439. The van der Waals surface area contributed by atoms with Crippen molar-refractivity contribution in [3.63, 3.8) is 0 Å². The molecule has 2 atom stereocenters. The predicted octanol–water partition coefficient (Wildman–Crippen LogP) is 2.98. The van der Waals surface area contributed by atoms with Crippen molar-refractivity contribution in [2.24, 2.45) is 0 Å². The van der Waals surface area contributed by atoms with Gasteiger partial charge in [0.1, 0.15) is 17.6 Å². The first-order chi connectivity index (χ1) is 11.6. The van der Waals surface area contributed by atoms with E-state index in [2.05, 4.69) is 16.8 Å². The van der Waals surface area contributed by atoms with E-state index in [0.29, 0.717) is 0 Å². The molecular weight excluding hydrogens is 308 g/mol. The molecule has 128 valence electrons. The van der Waals surface area contributed by atoms with Gasteiger partial charge >= 0.3 is 5.97 Å². The number of hydrogen-bond donors (Lipinski definition) is 0. The van der Waals surface area contributed by atoms with Gasteiger partial charge in [0.15, 0.2) is 0 Å². The highest BCUT2D eigenvalue weighted by Crippen LogP contribution is 2.29. The van der Waals surface area contributed by atoms with Crippen molar-refractivity contribution >= 4 is 5.97 Å². The summed E-state index contributed by atoms with van der Waals surface area (Å²) in [5, 5.41) is 0. The summed E-state index contributed by atoms with van der Waals surface area (Å²) in [6.07, 6.45) is 4.55. The topological polar surface area (TPSA) is 64.8 Å². The van der Waals surface area contributed by atoms with E-state index in [1.165, 1.54) is 7.11 Å². The van der Waals surface area contributed by atoms with Crippen molar-refractivity contribution in [2.75, 3.05) is 20.2 Å². The van der Waals surface area contributed by atoms with Gasteiger partial charge in [-0.15, -0.1) is 0 Å². The smallest absolute Gasteiger partial charge is 0.374 e. The third kappa shape index (κ3) is 3.43. The second-order valence-electron chi connectivity index (χ2n) is 6.03. The lowest BCUT2D eigenvalue weighted by Gasteiger charge is -2.22. The van der Waals surface area contributed by atoms with Crippen molar-refractivity contribution in [1.29, 1.82) is 0 Å². The summed E-state index contributed by atoms with van der Waals surface area (Å²) >= 11 is 0. The van der Waals surface area contributed by atoms with Gasteiger partial charge in [0.05, 0.1) is 13.2 Å². The standard InChI is InChI=1S/C18H22N2O4/c1-12-10-16(24-17(12)18(21)22-3)13(2)20-9-6-15(11-20)23-14-4-7-19-8-5-14/h4-5,7-8,10,13,15H,6,9,11H2,1-3H3/t13-,15+/m1/s1. The molecule has 24 heavy (non-hydrogen) atoms. The van der Waals surface area contributed by atoms with E-state index in [9.17, 15) is 4.79 Å². The molecule has 3 heterocycles. The predicted molar refractivity (Wildman–Crippen MR) is 88.0 cm³/mol. The van der Waals surface area contributed by atoms with Crippen LogP contribution in [0.3, 0.4) is 0 Å². The molecule has 0 saturated carbocycles. The Morgan fingerprint density at radius 2 is 2.17 bits per heavy atom. The van der Waals surface area contributed by atoms with E-state index in [1.54, 1.807) is 12.4 Å². The molecule has 0 amide bonds.